The van der Waals surface area contributed by atoms with Crippen molar-refractivity contribution in [1.82, 2.24) is 25.1 Å². The minimum atomic E-state index is -0.0781. The number of benzene rings is 1. The van der Waals surface area contributed by atoms with Crippen LogP contribution in [0.2, 0.25) is 5.02 Å². The molecule has 4 rings (SSSR count). The average molecular weight is 412 g/mol. The monoisotopic (exact) mass is 411 g/mol. The van der Waals surface area contributed by atoms with E-state index in [1.807, 2.05) is 30.0 Å². The number of nitrogens with one attached hydrogen (secondary N) is 1. The summed E-state index contributed by atoms with van der Waals surface area (Å²) in [7, 11) is 0. The first-order chi connectivity index (χ1) is 14.1. The van der Waals surface area contributed by atoms with Crippen LogP contribution in [0.4, 0.5) is 0 Å². The lowest BCUT2D eigenvalue weighted by molar-refractivity contribution is 0.0784. The SMILES string of the molecule is Cc1cnc(C(=O)N2CC[C@@H](c3cc(CCOc4cccc(Cl)c4)[nH]n3)C2)cn1. The molecule has 0 unspecified atom stereocenters. The van der Waals surface area contributed by atoms with Crippen LogP contribution in [-0.2, 0) is 6.42 Å². The van der Waals surface area contributed by atoms with Crippen LogP contribution >= 0.6 is 11.6 Å². The van der Waals surface area contributed by atoms with Gasteiger partial charge in [0.2, 0.25) is 0 Å². The molecule has 1 N–H and O–H groups in total. The summed E-state index contributed by atoms with van der Waals surface area (Å²) in [5.74, 6) is 0.892. The summed E-state index contributed by atoms with van der Waals surface area (Å²) >= 11 is 5.97. The predicted molar refractivity (Wildman–Crippen MR) is 109 cm³/mol. The second kappa shape index (κ2) is 8.61. The van der Waals surface area contributed by atoms with Gasteiger partial charge in [-0.2, -0.15) is 5.10 Å². The van der Waals surface area contributed by atoms with Gasteiger partial charge in [0.15, 0.2) is 0 Å². The summed E-state index contributed by atoms with van der Waals surface area (Å²) in [5, 5.41) is 8.18. The molecule has 1 aliphatic heterocycles. The molecule has 1 aliphatic rings. The van der Waals surface area contributed by atoms with Crippen molar-refractivity contribution in [2.75, 3.05) is 19.7 Å². The normalized spacial score (nSPS) is 16.2. The number of hydrogen-bond acceptors (Lipinski definition) is 5. The molecule has 0 aliphatic carbocycles. The summed E-state index contributed by atoms with van der Waals surface area (Å²) in [6, 6.07) is 9.42. The maximum atomic E-state index is 12.6. The van der Waals surface area contributed by atoms with E-state index in [4.69, 9.17) is 16.3 Å². The number of H-pyrrole nitrogens is 1. The number of ether oxygens (including phenoxy) is 1. The number of aryl methyl sites for hydroxylation is 1. The van der Waals surface area contributed by atoms with Crippen LogP contribution in [0.15, 0.2) is 42.7 Å². The second-order valence-corrected chi connectivity index (χ2v) is 7.59. The molecule has 1 aromatic carbocycles. The molecule has 3 heterocycles. The number of likely N-dealkylation sites (tertiary alicyclic amines) is 1. The van der Waals surface area contributed by atoms with Crippen molar-refractivity contribution in [2.24, 2.45) is 0 Å². The van der Waals surface area contributed by atoms with Crippen molar-refractivity contribution in [3.63, 3.8) is 0 Å². The Bertz CT molecular complexity index is 989. The lowest BCUT2D eigenvalue weighted by Crippen LogP contribution is -2.29. The van der Waals surface area contributed by atoms with Crippen molar-refractivity contribution >= 4 is 17.5 Å². The van der Waals surface area contributed by atoms with E-state index in [1.165, 1.54) is 6.20 Å². The molecule has 1 fully saturated rings. The molecule has 3 aromatic rings. The summed E-state index contributed by atoms with van der Waals surface area (Å²) < 4.78 is 5.73. The lowest BCUT2D eigenvalue weighted by atomic mass is 10.0. The molecular weight excluding hydrogens is 390 g/mol. The maximum Gasteiger partial charge on any atom is 0.274 e. The minimum Gasteiger partial charge on any atom is -0.493 e. The zero-order valence-electron chi connectivity index (χ0n) is 16.1. The van der Waals surface area contributed by atoms with Gasteiger partial charge < -0.3 is 9.64 Å². The van der Waals surface area contributed by atoms with Crippen LogP contribution in [0.3, 0.4) is 0 Å². The van der Waals surface area contributed by atoms with Gasteiger partial charge in [0.25, 0.3) is 5.91 Å². The van der Waals surface area contributed by atoms with Crippen molar-refractivity contribution in [2.45, 2.75) is 25.7 Å². The molecule has 1 amide bonds. The quantitative estimate of drug-likeness (QED) is 0.671. The number of aromatic nitrogens is 4. The molecule has 2 aromatic heterocycles. The number of hydrogen-bond donors (Lipinski definition) is 1. The number of amides is 1. The molecule has 0 saturated carbocycles. The van der Waals surface area contributed by atoms with Crippen LogP contribution < -0.4 is 4.74 Å². The van der Waals surface area contributed by atoms with E-state index in [-0.39, 0.29) is 11.8 Å². The molecule has 0 bridgehead atoms. The van der Waals surface area contributed by atoms with Crippen LogP contribution in [-0.4, -0.2) is 50.7 Å². The number of halogens is 1. The van der Waals surface area contributed by atoms with Gasteiger partial charge in [0.1, 0.15) is 11.4 Å². The van der Waals surface area contributed by atoms with E-state index >= 15 is 0 Å². The lowest BCUT2D eigenvalue weighted by Gasteiger charge is -2.15. The Morgan fingerprint density at radius 1 is 1.31 bits per heavy atom. The van der Waals surface area contributed by atoms with Crippen LogP contribution in [0.5, 0.6) is 5.75 Å². The zero-order chi connectivity index (χ0) is 20.2. The van der Waals surface area contributed by atoms with E-state index in [1.54, 1.807) is 12.3 Å². The van der Waals surface area contributed by atoms with E-state index < -0.39 is 0 Å². The molecule has 1 atom stereocenters. The summed E-state index contributed by atoms with van der Waals surface area (Å²) in [6.07, 6.45) is 4.76. The fourth-order valence-corrected chi connectivity index (χ4v) is 3.58. The average Bonchev–Trinajstić information content (AvgIpc) is 3.38. The minimum absolute atomic E-state index is 0.0781. The van der Waals surface area contributed by atoms with Gasteiger partial charge in [0, 0.05) is 42.3 Å². The smallest absolute Gasteiger partial charge is 0.274 e. The van der Waals surface area contributed by atoms with Gasteiger partial charge >= 0.3 is 0 Å². The number of carbonyl (C=O) groups is 1. The maximum absolute atomic E-state index is 12.6. The fourth-order valence-electron chi connectivity index (χ4n) is 3.40. The predicted octanol–water partition coefficient (Wildman–Crippen LogP) is 3.41. The second-order valence-electron chi connectivity index (χ2n) is 7.15. The standard InChI is InChI=1S/C21H22ClN5O2/c1-14-11-24-20(12-23-14)21(28)27-7-5-15(13-27)19-10-17(25-26-19)6-8-29-18-4-2-3-16(22)9-18/h2-4,9-12,15H,5-8,13H2,1H3,(H,25,26)/t15-/m1/s1. The first-order valence-electron chi connectivity index (χ1n) is 9.59. The molecule has 8 heteroatoms. The number of rotatable bonds is 6. The Morgan fingerprint density at radius 3 is 3.00 bits per heavy atom. The van der Waals surface area contributed by atoms with E-state index in [2.05, 4.69) is 26.2 Å². The van der Waals surface area contributed by atoms with Crippen LogP contribution in [0.25, 0.3) is 0 Å². The highest BCUT2D eigenvalue weighted by Gasteiger charge is 2.30. The first kappa shape index (κ1) is 19.4. The third-order valence-electron chi connectivity index (χ3n) is 4.98. The Balaban J connectivity index is 1.30. The largest absolute Gasteiger partial charge is 0.493 e. The Hall–Kier alpha value is -2.93. The molecule has 29 heavy (non-hydrogen) atoms. The van der Waals surface area contributed by atoms with Gasteiger partial charge in [-0.05, 0) is 37.6 Å². The first-order valence-corrected chi connectivity index (χ1v) is 9.97. The van der Waals surface area contributed by atoms with Crippen molar-refractivity contribution < 1.29 is 9.53 Å². The van der Waals surface area contributed by atoms with Crippen molar-refractivity contribution in [3.8, 4) is 5.75 Å². The third kappa shape index (κ3) is 4.74. The molecule has 150 valence electrons. The molecule has 0 radical (unpaired) electrons. The zero-order valence-corrected chi connectivity index (χ0v) is 16.9. The van der Waals surface area contributed by atoms with E-state index in [0.717, 1.165) is 29.3 Å². The van der Waals surface area contributed by atoms with Gasteiger partial charge in [0.05, 0.1) is 24.2 Å². The topological polar surface area (TPSA) is 84.0 Å². The summed E-state index contributed by atoms with van der Waals surface area (Å²) in [4.78, 5) is 22.8. The van der Waals surface area contributed by atoms with Gasteiger partial charge in [-0.1, -0.05) is 17.7 Å². The van der Waals surface area contributed by atoms with Gasteiger partial charge in [-0.3, -0.25) is 14.9 Å². The molecule has 7 nitrogen and oxygen atoms in total. The number of nitrogens with zero attached hydrogens (tertiary/aromatic N) is 4. The Kier molecular flexibility index (Phi) is 5.76. The Morgan fingerprint density at radius 2 is 2.21 bits per heavy atom. The third-order valence-corrected chi connectivity index (χ3v) is 5.22. The Labute approximate surface area is 174 Å². The highest BCUT2D eigenvalue weighted by molar-refractivity contribution is 6.30. The van der Waals surface area contributed by atoms with Gasteiger partial charge in [-0.25, -0.2) is 4.98 Å². The number of aromatic amines is 1. The van der Waals surface area contributed by atoms with Crippen LogP contribution in [0, 0.1) is 6.92 Å². The van der Waals surface area contributed by atoms with Gasteiger partial charge in [-0.15, -0.1) is 0 Å². The highest BCUT2D eigenvalue weighted by atomic mass is 35.5. The summed E-state index contributed by atoms with van der Waals surface area (Å²) in [5.41, 5.74) is 3.17. The van der Waals surface area contributed by atoms with E-state index in [0.29, 0.717) is 36.8 Å². The fraction of sp³-hybridized carbons (Fsp3) is 0.333. The van der Waals surface area contributed by atoms with E-state index in [9.17, 15) is 4.79 Å². The number of carbonyl (C=O) groups excluding carboxylic acids is 1. The van der Waals surface area contributed by atoms with Crippen molar-refractivity contribution in [1.29, 1.82) is 0 Å². The van der Waals surface area contributed by atoms with Crippen molar-refractivity contribution in [3.05, 3.63) is 70.5 Å². The highest BCUT2D eigenvalue weighted by Crippen LogP contribution is 2.27. The molecule has 1 saturated heterocycles. The van der Waals surface area contributed by atoms with Crippen LogP contribution in [0.1, 0.15) is 39.9 Å². The summed E-state index contributed by atoms with van der Waals surface area (Å²) in [6.45, 7) is 3.71. The molecule has 0 spiro atoms. The molecular formula is C21H22ClN5O2.